The van der Waals surface area contributed by atoms with Gasteiger partial charge in [0.1, 0.15) is 0 Å². The van der Waals surface area contributed by atoms with E-state index in [1.807, 2.05) is 24.3 Å². The van der Waals surface area contributed by atoms with E-state index in [0.29, 0.717) is 29.3 Å². The van der Waals surface area contributed by atoms with Crippen molar-refractivity contribution in [3.8, 4) is 11.5 Å². The molecule has 0 bridgehead atoms. The first-order chi connectivity index (χ1) is 12.1. The van der Waals surface area contributed by atoms with Crippen LogP contribution in [0.15, 0.2) is 48.8 Å². The van der Waals surface area contributed by atoms with Crippen LogP contribution in [0.3, 0.4) is 0 Å². The van der Waals surface area contributed by atoms with Gasteiger partial charge in [0.25, 0.3) is 0 Å². The van der Waals surface area contributed by atoms with Crippen LogP contribution in [0.25, 0.3) is 10.8 Å². The molecule has 2 N–H and O–H groups in total. The van der Waals surface area contributed by atoms with Gasteiger partial charge in [-0.05, 0) is 18.6 Å². The second-order valence-electron chi connectivity index (χ2n) is 5.90. The normalized spacial score (nSPS) is 16.1. The number of carbonyl (C=O) groups excluding carboxylic acids is 1. The van der Waals surface area contributed by atoms with Crippen molar-refractivity contribution in [1.29, 1.82) is 0 Å². The highest BCUT2D eigenvalue weighted by Gasteiger charge is 2.32. The van der Waals surface area contributed by atoms with E-state index in [1.54, 1.807) is 18.5 Å². The number of fused-ring (bicyclic) bond motifs is 2. The second-order valence-corrected chi connectivity index (χ2v) is 6.30. The molecule has 6 heteroatoms. The molecule has 2 heterocycles. The van der Waals surface area contributed by atoms with E-state index in [4.69, 9.17) is 16.3 Å². The molecule has 5 nitrogen and oxygen atoms in total. The number of nitrogens with one attached hydrogen (secondary N) is 1. The lowest BCUT2D eigenvalue weighted by Crippen LogP contribution is -2.27. The minimum absolute atomic E-state index is 0.0104. The first kappa shape index (κ1) is 15.7. The smallest absolute Gasteiger partial charge is 0.232 e. The fourth-order valence-corrected chi connectivity index (χ4v) is 3.44. The summed E-state index contributed by atoms with van der Waals surface area (Å²) in [5.74, 6) is -0.420. The van der Waals surface area contributed by atoms with Crippen molar-refractivity contribution in [3.63, 3.8) is 0 Å². The van der Waals surface area contributed by atoms with Gasteiger partial charge >= 0.3 is 0 Å². The molecule has 4 rings (SSSR count). The molecule has 0 fully saturated rings. The molecule has 1 amide bonds. The molecule has 0 saturated carbocycles. The molecule has 2 aromatic carbocycles. The van der Waals surface area contributed by atoms with Gasteiger partial charge in [0, 0.05) is 27.6 Å². The number of phenolic OH excluding ortho intramolecular Hbond substituents is 1. The van der Waals surface area contributed by atoms with Crippen molar-refractivity contribution in [2.24, 2.45) is 0 Å². The largest absolute Gasteiger partial charge is 0.504 e. The first-order valence-corrected chi connectivity index (χ1v) is 8.30. The van der Waals surface area contributed by atoms with Crippen LogP contribution >= 0.6 is 11.6 Å². The van der Waals surface area contributed by atoms with E-state index in [9.17, 15) is 9.90 Å². The van der Waals surface area contributed by atoms with Gasteiger partial charge in [-0.3, -0.25) is 9.78 Å². The first-order valence-electron chi connectivity index (χ1n) is 7.93. The molecular weight excluding hydrogens is 340 g/mol. The van der Waals surface area contributed by atoms with E-state index in [1.165, 1.54) is 6.07 Å². The van der Waals surface area contributed by atoms with Crippen molar-refractivity contribution in [3.05, 3.63) is 59.4 Å². The third kappa shape index (κ3) is 2.76. The zero-order valence-electron chi connectivity index (χ0n) is 13.2. The van der Waals surface area contributed by atoms with Crippen molar-refractivity contribution < 1.29 is 14.6 Å². The summed E-state index contributed by atoms with van der Waals surface area (Å²) in [5, 5.41) is 15.2. The second kappa shape index (κ2) is 6.26. The van der Waals surface area contributed by atoms with Gasteiger partial charge in [0.05, 0.1) is 24.4 Å². The third-order valence-corrected chi connectivity index (χ3v) is 4.70. The summed E-state index contributed by atoms with van der Waals surface area (Å²) in [7, 11) is 0. The van der Waals surface area contributed by atoms with Crippen LogP contribution in [-0.4, -0.2) is 22.6 Å². The van der Waals surface area contributed by atoms with Crippen molar-refractivity contribution in [1.82, 2.24) is 4.98 Å². The van der Waals surface area contributed by atoms with Gasteiger partial charge in [-0.15, -0.1) is 0 Å². The van der Waals surface area contributed by atoms with E-state index < -0.39 is 5.92 Å². The Morgan fingerprint density at radius 3 is 2.96 bits per heavy atom. The van der Waals surface area contributed by atoms with Crippen LogP contribution in [0.4, 0.5) is 5.69 Å². The van der Waals surface area contributed by atoms with Crippen LogP contribution in [0, 0.1) is 0 Å². The number of amides is 1. The SMILES string of the molecule is O=C(Nc1cncc2ccccc12)C1CCOc2c(O)ccc(Cl)c21. The van der Waals surface area contributed by atoms with Gasteiger partial charge in [-0.2, -0.15) is 0 Å². The Bertz CT molecular complexity index is 969. The zero-order chi connectivity index (χ0) is 17.4. The van der Waals surface area contributed by atoms with E-state index in [0.717, 1.165) is 10.8 Å². The lowest BCUT2D eigenvalue weighted by Gasteiger charge is -2.26. The molecule has 25 heavy (non-hydrogen) atoms. The molecule has 0 aliphatic carbocycles. The molecule has 1 aliphatic heterocycles. The molecule has 1 unspecified atom stereocenters. The Hall–Kier alpha value is -2.79. The molecule has 3 aromatic rings. The highest BCUT2D eigenvalue weighted by molar-refractivity contribution is 6.32. The minimum Gasteiger partial charge on any atom is -0.504 e. The average Bonchev–Trinajstić information content (AvgIpc) is 2.64. The van der Waals surface area contributed by atoms with Gasteiger partial charge in [0.2, 0.25) is 5.91 Å². The molecule has 126 valence electrons. The number of carbonyl (C=O) groups is 1. The molecular formula is C19H15ClN2O3. The molecule has 1 atom stereocenters. The summed E-state index contributed by atoms with van der Waals surface area (Å²) in [6.45, 7) is 0.340. The summed E-state index contributed by atoms with van der Waals surface area (Å²) in [5.41, 5.74) is 1.17. The molecule has 1 aliphatic rings. The Morgan fingerprint density at radius 2 is 2.08 bits per heavy atom. The van der Waals surface area contributed by atoms with Crippen LogP contribution in [-0.2, 0) is 4.79 Å². The highest BCUT2D eigenvalue weighted by Crippen LogP contribution is 2.44. The number of halogens is 1. The number of pyridine rings is 1. The quantitative estimate of drug-likeness (QED) is 0.726. The number of ether oxygens (including phenoxy) is 1. The minimum atomic E-state index is -0.498. The number of hydrogen-bond acceptors (Lipinski definition) is 4. The summed E-state index contributed by atoms with van der Waals surface area (Å²) < 4.78 is 5.51. The van der Waals surface area contributed by atoms with Crippen LogP contribution in [0.2, 0.25) is 5.02 Å². The number of aromatic nitrogens is 1. The molecule has 0 spiro atoms. The topological polar surface area (TPSA) is 71.5 Å². The number of nitrogens with zero attached hydrogens (tertiary/aromatic N) is 1. The Kier molecular flexibility index (Phi) is 3.93. The van der Waals surface area contributed by atoms with Gasteiger partial charge in [-0.25, -0.2) is 0 Å². The maximum absolute atomic E-state index is 12.9. The predicted molar refractivity (Wildman–Crippen MR) is 96.3 cm³/mol. The van der Waals surface area contributed by atoms with E-state index >= 15 is 0 Å². The van der Waals surface area contributed by atoms with Crippen LogP contribution < -0.4 is 10.1 Å². The van der Waals surface area contributed by atoms with Crippen molar-refractivity contribution in [2.75, 3.05) is 11.9 Å². The molecule has 0 radical (unpaired) electrons. The number of benzene rings is 2. The number of hydrogen-bond donors (Lipinski definition) is 2. The van der Waals surface area contributed by atoms with Crippen LogP contribution in [0.5, 0.6) is 11.5 Å². The van der Waals surface area contributed by atoms with E-state index in [-0.39, 0.29) is 17.4 Å². The fourth-order valence-electron chi connectivity index (χ4n) is 3.16. The standard InChI is InChI=1S/C19H15ClN2O3/c20-14-5-6-16(23)18-17(14)13(7-8-25-18)19(24)22-15-10-21-9-11-3-1-2-4-12(11)15/h1-6,9-10,13,23H,7-8H2,(H,22,24). The van der Waals surface area contributed by atoms with Gasteiger partial charge in [-0.1, -0.05) is 35.9 Å². The lowest BCUT2D eigenvalue weighted by molar-refractivity contribution is -0.118. The zero-order valence-corrected chi connectivity index (χ0v) is 14.0. The number of aromatic hydroxyl groups is 1. The third-order valence-electron chi connectivity index (χ3n) is 4.37. The van der Waals surface area contributed by atoms with Gasteiger partial charge < -0.3 is 15.2 Å². The summed E-state index contributed by atoms with van der Waals surface area (Å²) >= 11 is 6.27. The summed E-state index contributed by atoms with van der Waals surface area (Å²) in [4.78, 5) is 17.1. The summed E-state index contributed by atoms with van der Waals surface area (Å²) in [6, 6.07) is 10.8. The monoisotopic (exact) mass is 354 g/mol. The summed E-state index contributed by atoms with van der Waals surface area (Å²) in [6.07, 6.45) is 3.87. The maximum atomic E-state index is 12.9. The highest BCUT2D eigenvalue weighted by atomic mass is 35.5. The molecule has 0 saturated heterocycles. The van der Waals surface area contributed by atoms with Crippen molar-refractivity contribution in [2.45, 2.75) is 12.3 Å². The molecule has 1 aromatic heterocycles. The Balaban J connectivity index is 1.70. The van der Waals surface area contributed by atoms with Crippen molar-refractivity contribution >= 4 is 34.0 Å². The number of anilines is 1. The Labute approximate surface area is 149 Å². The lowest BCUT2D eigenvalue weighted by atomic mass is 9.91. The predicted octanol–water partition coefficient (Wildman–Crippen LogP) is 4.10. The van der Waals surface area contributed by atoms with E-state index in [2.05, 4.69) is 10.3 Å². The fraction of sp³-hybridized carbons (Fsp3) is 0.158. The van der Waals surface area contributed by atoms with Crippen LogP contribution in [0.1, 0.15) is 17.9 Å². The number of rotatable bonds is 2. The Morgan fingerprint density at radius 1 is 1.24 bits per heavy atom. The average molecular weight is 355 g/mol. The maximum Gasteiger partial charge on any atom is 0.232 e. The number of phenols is 1. The van der Waals surface area contributed by atoms with Gasteiger partial charge in [0.15, 0.2) is 11.5 Å².